The van der Waals surface area contributed by atoms with E-state index in [1.807, 2.05) is 35.0 Å². The van der Waals surface area contributed by atoms with Crippen LogP contribution < -0.4 is 5.32 Å². The molecule has 0 unspecified atom stereocenters. The van der Waals surface area contributed by atoms with Gasteiger partial charge in [0.1, 0.15) is 0 Å². The topological polar surface area (TPSA) is 84.1 Å². The number of nitrogens with one attached hydrogen (secondary N) is 1. The van der Waals surface area contributed by atoms with Crippen molar-refractivity contribution in [1.82, 2.24) is 9.88 Å². The van der Waals surface area contributed by atoms with Crippen molar-refractivity contribution in [2.75, 3.05) is 6.61 Å². The molecule has 6 heteroatoms. The number of hydrogen-bond acceptors (Lipinski definition) is 4. The summed E-state index contributed by atoms with van der Waals surface area (Å²) in [7, 11) is 0. The lowest BCUT2D eigenvalue weighted by Crippen LogP contribution is -2.42. The van der Waals surface area contributed by atoms with Gasteiger partial charge in [0.25, 0.3) is 5.91 Å². The molecule has 3 rings (SSSR count). The minimum atomic E-state index is -0.550. The maximum atomic E-state index is 12.1. The summed E-state index contributed by atoms with van der Waals surface area (Å²) in [5, 5.41) is 12.8. The number of aromatic nitrogens is 1. The summed E-state index contributed by atoms with van der Waals surface area (Å²) in [6, 6.07) is 10.2. The van der Waals surface area contributed by atoms with Crippen molar-refractivity contribution in [2.24, 2.45) is 5.92 Å². The number of carbonyl (C=O) groups is 2. The van der Waals surface area contributed by atoms with Crippen molar-refractivity contribution < 1.29 is 14.3 Å². The number of nitriles is 1. The van der Waals surface area contributed by atoms with Crippen LogP contribution >= 0.6 is 0 Å². The first kappa shape index (κ1) is 20.7. The molecule has 1 heterocycles. The number of nitrogens with zero attached hydrogens (tertiary/aromatic N) is 2. The molecule has 1 amide bonds. The van der Waals surface area contributed by atoms with E-state index in [0.29, 0.717) is 18.9 Å². The van der Waals surface area contributed by atoms with Crippen LogP contribution in [0.5, 0.6) is 0 Å². The first-order chi connectivity index (χ1) is 14.1. The number of aryl methyl sites for hydroxylation is 1. The van der Waals surface area contributed by atoms with Crippen LogP contribution in [0, 0.1) is 17.2 Å². The normalized spacial score (nSPS) is 19.2. The number of amides is 1. The molecule has 152 valence electrons. The van der Waals surface area contributed by atoms with Crippen molar-refractivity contribution in [3.05, 3.63) is 42.1 Å². The van der Waals surface area contributed by atoms with Gasteiger partial charge in [-0.25, -0.2) is 4.79 Å². The second kappa shape index (κ2) is 9.92. The van der Waals surface area contributed by atoms with Crippen LogP contribution in [0.3, 0.4) is 0 Å². The molecule has 1 aromatic carbocycles. The molecule has 1 fully saturated rings. The zero-order chi connectivity index (χ0) is 20.6. The molecule has 1 saturated carbocycles. The Bertz CT molecular complexity index is 938. The molecule has 0 aliphatic heterocycles. The van der Waals surface area contributed by atoms with Crippen LogP contribution in [-0.4, -0.2) is 29.1 Å². The first-order valence-electron chi connectivity index (χ1n) is 10.2. The van der Waals surface area contributed by atoms with Crippen LogP contribution in [0.2, 0.25) is 0 Å². The van der Waals surface area contributed by atoms with E-state index in [9.17, 15) is 9.59 Å². The quantitative estimate of drug-likeness (QED) is 0.573. The third-order valence-corrected chi connectivity index (χ3v) is 5.49. The number of fused-ring (bicyclic) bond motifs is 1. The minimum Gasteiger partial charge on any atom is -0.452 e. The molecule has 0 radical (unpaired) electrons. The Morgan fingerprint density at radius 3 is 2.90 bits per heavy atom. The van der Waals surface area contributed by atoms with E-state index in [-0.39, 0.29) is 18.6 Å². The van der Waals surface area contributed by atoms with E-state index in [1.165, 1.54) is 12.5 Å². The van der Waals surface area contributed by atoms with Gasteiger partial charge >= 0.3 is 5.97 Å². The highest BCUT2D eigenvalue weighted by Crippen LogP contribution is 2.24. The third-order valence-electron chi connectivity index (χ3n) is 5.49. The van der Waals surface area contributed by atoms with Gasteiger partial charge in [-0.05, 0) is 30.9 Å². The highest BCUT2D eigenvalue weighted by Gasteiger charge is 2.22. The van der Waals surface area contributed by atoms with E-state index in [4.69, 9.17) is 10.00 Å². The molecular formula is C23H27N3O3. The van der Waals surface area contributed by atoms with Crippen molar-refractivity contribution in [1.29, 1.82) is 5.26 Å². The van der Waals surface area contributed by atoms with Gasteiger partial charge in [0.05, 0.1) is 12.5 Å². The van der Waals surface area contributed by atoms with Gasteiger partial charge in [-0.1, -0.05) is 38.0 Å². The number of benzene rings is 1. The predicted molar refractivity (Wildman–Crippen MR) is 112 cm³/mol. The highest BCUT2D eigenvalue weighted by molar-refractivity contribution is 5.95. The Morgan fingerprint density at radius 2 is 2.10 bits per heavy atom. The molecule has 2 atom stereocenters. The average molecular weight is 393 g/mol. The fourth-order valence-electron chi connectivity index (χ4n) is 3.89. The van der Waals surface area contributed by atoms with Gasteiger partial charge in [0, 0.05) is 41.3 Å². The number of ether oxygens (including phenoxy) is 1. The maximum absolute atomic E-state index is 12.1. The number of rotatable bonds is 7. The molecular weight excluding hydrogens is 366 g/mol. The Morgan fingerprint density at radius 1 is 1.31 bits per heavy atom. The molecule has 1 N–H and O–H groups in total. The molecule has 1 aromatic heterocycles. The molecule has 1 aliphatic carbocycles. The van der Waals surface area contributed by atoms with Gasteiger partial charge in [-0.15, -0.1) is 0 Å². The predicted octanol–water partition coefficient (Wildman–Crippen LogP) is 3.81. The highest BCUT2D eigenvalue weighted by atomic mass is 16.5. The number of para-hydroxylation sites is 1. The number of carbonyl (C=O) groups excluding carboxylic acids is 2. The third kappa shape index (κ3) is 5.47. The second-order valence-corrected chi connectivity index (χ2v) is 7.58. The van der Waals surface area contributed by atoms with Crippen LogP contribution in [0.1, 0.15) is 44.6 Å². The Hall–Kier alpha value is -3.07. The molecule has 0 bridgehead atoms. The number of esters is 1. The van der Waals surface area contributed by atoms with Crippen molar-refractivity contribution in [2.45, 2.75) is 51.6 Å². The number of hydrogen-bond donors (Lipinski definition) is 1. The van der Waals surface area contributed by atoms with Gasteiger partial charge < -0.3 is 14.6 Å². The summed E-state index contributed by atoms with van der Waals surface area (Å²) in [4.78, 5) is 24.1. The monoisotopic (exact) mass is 393 g/mol. The summed E-state index contributed by atoms with van der Waals surface area (Å²) in [5.74, 6) is -0.342. The lowest BCUT2D eigenvalue weighted by Gasteiger charge is -2.29. The van der Waals surface area contributed by atoms with Crippen LogP contribution in [0.15, 0.2) is 36.5 Å². The fourth-order valence-corrected chi connectivity index (χ4v) is 3.89. The standard InChI is InChI=1S/C23H27N3O3/c1-17-7-2-4-9-20(17)25-22(27)16-29-23(28)12-11-18-15-26(14-6-13-24)21-10-5-3-8-19(18)21/h3,5,8,10-12,15,17,20H,2,4,6-7,9,14,16H2,1H3,(H,25,27)/b12-11+/t17-,20-/m0/s1. The van der Waals surface area contributed by atoms with Crippen LogP contribution in [-0.2, 0) is 20.9 Å². The SMILES string of the molecule is C[C@H]1CCCC[C@@H]1NC(=O)COC(=O)/C=C/c1cn(CCC#N)c2ccccc12. The minimum absolute atomic E-state index is 0.171. The van der Waals surface area contributed by atoms with Crippen LogP contribution in [0.25, 0.3) is 17.0 Å². The molecule has 6 nitrogen and oxygen atoms in total. The molecule has 2 aromatic rings. The molecule has 29 heavy (non-hydrogen) atoms. The Balaban J connectivity index is 1.56. The Kier molecular flexibility index (Phi) is 7.07. The largest absolute Gasteiger partial charge is 0.452 e. The average Bonchev–Trinajstić information content (AvgIpc) is 3.09. The smallest absolute Gasteiger partial charge is 0.331 e. The van der Waals surface area contributed by atoms with Gasteiger partial charge in [0.2, 0.25) is 0 Å². The Labute approximate surface area is 171 Å². The first-order valence-corrected chi connectivity index (χ1v) is 10.2. The van der Waals surface area contributed by atoms with Gasteiger partial charge in [0.15, 0.2) is 6.61 Å². The van der Waals surface area contributed by atoms with E-state index >= 15 is 0 Å². The molecule has 0 saturated heterocycles. The summed E-state index contributed by atoms with van der Waals surface area (Å²) in [6.45, 7) is 2.47. The zero-order valence-electron chi connectivity index (χ0n) is 16.8. The zero-order valence-corrected chi connectivity index (χ0v) is 16.8. The summed E-state index contributed by atoms with van der Waals surface area (Å²) < 4.78 is 7.10. The lowest BCUT2D eigenvalue weighted by atomic mass is 9.86. The molecule has 0 spiro atoms. The van der Waals surface area contributed by atoms with Gasteiger partial charge in [-0.3, -0.25) is 4.79 Å². The summed E-state index contributed by atoms with van der Waals surface area (Å²) in [5.41, 5.74) is 1.88. The summed E-state index contributed by atoms with van der Waals surface area (Å²) >= 11 is 0. The van der Waals surface area contributed by atoms with E-state index in [0.717, 1.165) is 35.7 Å². The van der Waals surface area contributed by atoms with E-state index < -0.39 is 5.97 Å². The second-order valence-electron chi connectivity index (χ2n) is 7.58. The van der Waals surface area contributed by atoms with E-state index in [2.05, 4.69) is 18.3 Å². The molecule has 1 aliphatic rings. The lowest BCUT2D eigenvalue weighted by molar-refractivity contribution is -0.144. The summed E-state index contributed by atoms with van der Waals surface area (Å²) in [6.07, 6.45) is 9.80. The van der Waals surface area contributed by atoms with Gasteiger partial charge in [-0.2, -0.15) is 5.26 Å². The van der Waals surface area contributed by atoms with Crippen molar-refractivity contribution in [3.8, 4) is 6.07 Å². The van der Waals surface area contributed by atoms with Crippen LogP contribution in [0.4, 0.5) is 0 Å². The van der Waals surface area contributed by atoms with E-state index in [1.54, 1.807) is 6.08 Å². The fraction of sp³-hybridized carbons (Fsp3) is 0.435. The van der Waals surface area contributed by atoms with Crippen molar-refractivity contribution >= 4 is 28.9 Å². The van der Waals surface area contributed by atoms with Crippen molar-refractivity contribution in [3.63, 3.8) is 0 Å². The maximum Gasteiger partial charge on any atom is 0.331 e.